The van der Waals surface area contributed by atoms with Gasteiger partial charge in [0, 0.05) is 25.2 Å². The lowest BCUT2D eigenvalue weighted by atomic mass is 9.83. The van der Waals surface area contributed by atoms with Gasteiger partial charge in [0.25, 0.3) is 0 Å². The van der Waals surface area contributed by atoms with Crippen LogP contribution in [0.1, 0.15) is 34.7 Å². The molecule has 0 spiro atoms. The van der Waals surface area contributed by atoms with Crippen LogP contribution < -0.4 is 5.32 Å². The van der Waals surface area contributed by atoms with Gasteiger partial charge in [0.15, 0.2) is 0 Å². The number of rotatable bonds is 2. The highest BCUT2D eigenvalue weighted by atomic mass is 15.2. The summed E-state index contributed by atoms with van der Waals surface area (Å²) in [7, 11) is 2.10. The van der Waals surface area contributed by atoms with E-state index in [1.54, 1.807) is 0 Å². The van der Waals surface area contributed by atoms with Gasteiger partial charge < -0.3 is 5.32 Å². The lowest BCUT2D eigenvalue weighted by Crippen LogP contribution is -2.44. The van der Waals surface area contributed by atoms with Gasteiger partial charge in [-0.05, 0) is 42.1 Å². The van der Waals surface area contributed by atoms with Crippen molar-refractivity contribution in [1.29, 1.82) is 0 Å². The van der Waals surface area contributed by atoms with Crippen LogP contribution in [0.2, 0.25) is 0 Å². The second-order valence-corrected chi connectivity index (χ2v) is 6.24. The highest BCUT2D eigenvalue weighted by Crippen LogP contribution is 2.36. The van der Waals surface area contributed by atoms with E-state index in [1.165, 1.54) is 35.1 Å². The molecule has 2 nitrogen and oxygen atoms in total. The van der Waals surface area contributed by atoms with Gasteiger partial charge in [-0.15, -0.1) is 0 Å². The molecule has 2 atom stereocenters. The molecule has 1 heterocycles. The minimum Gasteiger partial charge on any atom is -0.312 e. The van der Waals surface area contributed by atoms with Crippen molar-refractivity contribution < 1.29 is 0 Å². The highest BCUT2D eigenvalue weighted by Gasteiger charge is 2.34. The maximum absolute atomic E-state index is 3.57. The summed E-state index contributed by atoms with van der Waals surface area (Å²) in [5.41, 5.74) is 6.02. The number of fused-ring (bicyclic) bond motifs is 2. The van der Waals surface area contributed by atoms with Gasteiger partial charge in [-0.1, -0.05) is 48.5 Å². The van der Waals surface area contributed by atoms with Crippen LogP contribution in [-0.2, 0) is 19.5 Å². The first kappa shape index (κ1) is 13.1. The lowest BCUT2D eigenvalue weighted by Gasteiger charge is -2.39. The van der Waals surface area contributed by atoms with Crippen molar-refractivity contribution in [1.82, 2.24) is 10.2 Å². The second-order valence-electron chi connectivity index (χ2n) is 6.24. The van der Waals surface area contributed by atoms with Gasteiger partial charge in [-0.25, -0.2) is 0 Å². The Kier molecular flexibility index (Phi) is 3.28. The number of hydrogen-bond donors (Lipinski definition) is 1. The zero-order valence-electron chi connectivity index (χ0n) is 12.5. The van der Waals surface area contributed by atoms with Crippen molar-refractivity contribution in [2.45, 2.75) is 38.0 Å². The summed E-state index contributed by atoms with van der Waals surface area (Å²) in [6.07, 6.45) is 2.45. The smallest absolute Gasteiger partial charge is 0.0478 e. The summed E-state index contributed by atoms with van der Waals surface area (Å²) in [6, 6.07) is 18.8. The van der Waals surface area contributed by atoms with E-state index < -0.39 is 0 Å². The average molecular weight is 278 g/mol. The summed E-state index contributed by atoms with van der Waals surface area (Å²) in [5, 5.41) is 3.57. The van der Waals surface area contributed by atoms with Crippen molar-refractivity contribution in [3.8, 4) is 0 Å². The van der Waals surface area contributed by atoms with Crippen molar-refractivity contribution in [3.63, 3.8) is 0 Å². The molecule has 0 amide bonds. The van der Waals surface area contributed by atoms with Crippen LogP contribution in [0.15, 0.2) is 48.5 Å². The van der Waals surface area contributed by atoms with Gasteiger partial charge >= 0.3 is 0 Å². The molecule has 1 aliphatic heterocycles. The summed E-state index contributed by atoms with van der Waals surface area (Å²) >= 11 is 0. The molecule has 2 heteroatoms. The van der Waals surface area contributed by atoms with Crippen LogP contribution in [0.25, 0.3) is 0 Å². The van der Waals surface area contributed by atoms with E-state index in [2.05, 4.69) is 65.8 Å². The summed E-state index contributed by atoms with van der Waals surface area (Å²) in [6.45, 7) is 2.20. The normalized spacial score (nSPS) is 24.6. The van der Waals surface area contributed by atoms with Crippen molar-refractivity contribution in [3.05, 3.63) is 70.8 Å². The molecule has 2 aromatic rings. The monoisotopic (exact) mass is 278 g/mol. The quantitative estimate of drug-likeness (QED) is 0.907. The van der Waals surface area contributed by atoms with E-state index in [0.29, 0.717) is 12.1 Å². The number of benzene rings is 2. The highest BCUT2D eigenvalue weighted by molar-refractivity contribution is 5.35. The maximum atomic E-state index is 3.57. The van der Waals surface area contributed by atoms with Crippen LogP contribution in [-0.4, -0.2) is 18.0 Å². The van der Waals surface area contributed by atoms with Gasteiger partial charge in [-0.3, -0.25) is 4.90 Å². The third kappa shape index (κ3) is 2.19. The van der Waals surface area contributed by atoms with Crippen LogP contribution in [0.4, 0.5) is 0 Å². The first-order valence-electron chi connectivity index (χ1n) is 7.92. The Morgan fingerprint density at radius 2 is 1.52 bits per heavy atom. The van der Waals surface area contributed by atoms with Crippen LogP contribution in [0.5, 0.6) is 0 Å². The van der Waals surface area contributed by atoms with Crippen LogP contribution in [0, 0.1) is 0 Å². The SMILES string of the molecule is CNC1c2ccccc2CCC1N1Cc2ccccc2C1. The van der Waals surface area contributed by atoms with E-state index in [9.17, 15) is 0 Å². The predicted molar refractivity (Wildman–Crippen MR) is 86.0 cm³/mol. The third-order valence-corrected chi connectivity index (χ3v) is 5.13. The first-order chi connectivity index (χ1) is 10.4. The molecule has 2 unspecified atom stereocenters. The van der Waals surface area contributed by atoms with Crippen LogP contribution >= 0.6 is 0 Å². The van der Waals surface area contributed by atoms with Gasteiger partial charge in [0.05, 0.1) is 0 Å². The molecule has 0 aromatic heterocycles. The zero-order chi connectivity index (χ0) is 14.2. The molecule has 2 aliphatic rings. The van der Waals surface area contributed by atoms with E-state index in [4.69, 9.17) is 0 Å². The molecular weight excluding hydrogens is 256 g/mol. The second kappa shape index (κ2) is 5.28. The average Bonchev–Trinajstić information content (AvgIpc) is 2.97. The van der Waals surface area contributed by atoms with Crippen molar-refractivity contribution in [2.75, 3.05) is 7.05 Å². The number of aryl methyl sites for hydroxylation is 1. The Balaban J connectivity index is 1.63. The van der Waals surface area contributed by atoms with E-state index in [0.717, 1.165) is 13.1 Å². The van der Waals surface area contributed by atoms with E-state index in [-0.39, 0.29) is 0 Å². The van der Waals surface area contributed by atoms with Crippen molar-refractivity contribution >= 4 is 0 Å². The maximum Gasteiger partial charge on any atom is 0.0478 e. The molecule has 1 aliphatic carbocycles. The number of nitrogens with zero attached hydrogens (tertiary/aromatic N) is 1. The number of likely N-dealkylation sites (N-methyl/N-ethyl adjacent to an activating group) is 1. The minimum atomic E-state index is 0.448. The Labute approximate surface area is 126 Å². The Hall–Kier alpha value is -1.64. The molecule has 0 radical (unpaired) electrons. The molecule has 0 saturated carbocycles. The lowest BCUT2D eigenvalue weighted by molar-refractivity contribution is 0.143. The standard InChI is InChI=1S/C19H22N2/c1-20-19-17-9-5-4-6-14(17)10-11-18(19)21-12-15-7-2-3-8-16(15)13-21/h2-9,18-20H,10-13H2,1H3. The summed E-state index contributed by atoms with van der Waals surface area (Å²) in [5.74, 6) is 0. The summed E-state index contributed by atoms with van der Waals surface area (Å²) < 4.78 is 0. The third-order valence-electron chi connectivity index (χ3n) is 5.13. The Morgan fingerprint density at radius 3 is 2.19 bits per heavy atom. The molecule has 0 bridgehead atoms. The largest absolute Gasteiger partial charge is 0.312 e. The van der Waals surface area contributed by atoms with Gasteiger partial charge in [0.2, 0.25) is 0 Å². The molecule has 1 N–H and O–H groups in total. The number of nitrogens with one attached hydrogen (secondary N) is 1. The summed E-state index contributed by atoms with van der Waals surface area (Å²) in [4.78, 5) is 2.65. The number of hydrogen-bond acceptors (Lipinski definition) is 2. The molecule has 0 fully saturated rings. The fourth-order valence-corrected chi connectivity index (χ4v) is 4.08. The molecule has 0 saturated heterocycles. The first-order valence-corrected chi connectivity index (χ1v) is 7.92. The topological polar surface area (TPSA) is 15.3 Å². The fourth-order valence-electron chi connectivity index (χ4n) is 4.08. The Bertz CT molecular complexity index is 625. The fraction of sp³-hybridized carbons (Fsp3) is 0.368. The molecule has 21 heavy (non-hydrogen) atoms. The van der Waals surface area contributed by atoms with Crippen molar-refractivity contribution in [2.24, 2.45) is 0 Å². The van der Waals surface area contributed by atoms with Crippen LogP contribution in [0.3, 0.4) is 0 Å². The molecular formula is C19H22N2. The Morgan fingerprint density at radius 1 is 0.905 bits per heavy atom. The molecule has 108 valence electrons. The van der Waals surface area contributed by atoms with Gasteiger partial charge in [-0.2, -0.15) is 0 Å². The van der Waals surface area contributed by atoms with E-state index in [1.807, 2.05) is 0 Å². The molecule has 2 aromatic carbocycles. The van der Waals surface area contributed by atoms with Gasteiger partial charge in [0.1, 0.15) is 0 Å². The zero-order valence-corrected chi connectivity index (χ0v) is 12.5. The minimum absolute atomic E-state index is 0.448. The molecule has 4 rings (SSSR count). The predicted octanol–water partition coefficient (Wildman–Crippen LogP) is 3.28. The van der Waals surface area contributed by atoms with E-state index >= 15 is 0 Å².